The van der Waals surface area contributed by atoms with Crippen LogP contribution in [0.25, 0.3) is 0 Å². The van der Waals surface area contributed by atoms with Crippen LogP contribution in [0.5, 0.6) is 0 Å². The van der Waals surface area contributed by atoms with Gasteiger partial charge in [-0.2, -0.15) is 0 Å². The summed E-state index contributed by atoms with van der Waals surface area (Å²) in [5.74, 6) is 0. The van der Waals surface area contributed by atoms with Crippen LogP contribution in [0.1, 0.15) is 32.3 Å². The van der Waals surface area contributed by atoms with Crippen molar-refractivity contribution in [2.45, 2.75) is 33.2 Å². The van der Waals surface area contributed by atoms with Crippen molar-refractivity contribution < 1.29 is 4.92 Å². The fourth-order valence-corrected chi connectivity index (χ4v) is 2.98. The lowest BCUT2D eigenvalue weighted by atomic mass is 9.84. The van der Waals surface area contributed by atoms with Gasteiger partial charge in [-0.05, 0) is 36.4 Å². The zero-order chi connectivity index (χ0) is 14.8. The number of hydrogen-bond acceptors (Lipinski definition) is 4. The molecule has 1 fully saturated rings. The van der Waals surface area contributed by atoms with Gasteiger partial charge in [-0.25, -0.2) is 0 Å². The Morgan fingerprint density at radius 3 is 2.80 bits per heavy atom. The van der Waals surface area contributed by atoms with Gasteiger partial charge in [0.2, 0.25) is 0 Å². The van der Waals surface area contributed by atoms with E-state index in [9.17, 15) is 10.1 Å². The van der Waals surface area contributed by atoms with E-state index in [-0.39, 0.29) is 10.6 Å². The molecule has 1 saturated heterocycles. The largest absolute Gasteiger partial charge is 0.383 e. The molecule has 1 aromatic carbocycles. The summed E-state index contributed by atoms with van der Waals surface area (Å²) in [6, 6.07) is 5.34. The lowest BCUT2D eigenvalue weighted by molar-refractivity contribution is -0.384. The van der Waals surface area contributed by atoms with Crippen molar-refractivity contribution in [2.24, 2.45) is 5.41 Å². The van der Waals surface area contributed by atoms with Crippen LogP contribution < -0.4 is 5.32 Å². The molecule has 0 unspecified atom stereocenters. The summed E-state index contributed by atoms with van der Waals surface area (Å²) < 4.78 is 0. The van der Waals surface area contributed by atoms with Gasteiger partial charge < -0.3 is 5.32 Å². The molecule has 20 heavy (non-hydrogen) atoms. The van der Waals surface area contributed by atoms with Crippen LogP contribution in [-0.4, -0.2) is 30.0 Å². The first kappa shape index (κ1) is 14.8. The van der Waals surface area contributed by atoms with Crippen molar-refractivity contribution in [2.75, 3.05) is 25.5 Å². The zero-order valence-corrected chi connectivity index (χ0v) is 12.5. The number of nitrogens with one attached hydrogen (secondary N) is 1. The Morgan fingerprint density at radius 2 is 2.20 bits per heavy atom. The van der Waals surface area contributed by atoms with Gasteiger partial charge in [0.15, 0.2) is 0 Å². The Balaban J connectivity index is 2.12. The number of benzene rings is 1. The highest BCUT2D eigenvalue weighted by Crippen LogP contribution is 2.30. The summed E-state index contributed by atoms with van der Waals surface area (Å²) in [6.45, 7) is 7.65. The van der Waals surface area contributed by atoms with Gasteiger partial charge in [-0.3, -0.25) is 15.0 Å². The summed E-state index contributed by atoms with van der Waals surface area (Å²) in [7, 11) is 1.72. The maximum atomic E-state index is 10.9. The van der Waals surface area contributed by atoms with Gasteiger partial charge in [-0.15, -0.1) is 0 Å². The highest BCUT2D eigenvalue weighted by Gasteiger charge is 2.26. The van der Waals surface area contributed by atoms with Crippen LogP contribution in [0.4, 0.5) is 11.4 Å². The van der Waals surface area contributed by atoms with Crippen LogP contribution in [0.2, 0.25) is 0 Å². The second kappa shape index (κ2) is 5.79. The van der Waals surface area contributed by atoms with Gasteiger partial charge in [0.25, 0.3) is 5.69 Å². The first-order valence-electron chi connectivity index (χ1n) is 7.09. The van der Waals surface area contributed by atoms with Gasteiger partial charge in [0.1, 0.15) is 5.69 Å². The number of likely N-dealkylation sites (tertiary alicyclic amines) is 1. The van der Waals surface area contributed by atoms with E-state index in [1.807, 2.05) is 12.1 Å². The van der Waals surface area contributed by atoms with E-state index in [1.54, 1.807) is 13.1 Å². The first-order valence-corrected chi connectivity index (χ1v) is 7.09. The summed E-state index contributed by atoms with van der Waals surface area (Å²) in [5, 5.41) is 13.8. The lowest BCUT2D eigenvalue weighted by Gasteiger charge is -2.38. The summed E-state index contributed by atoms with van der Waals surface area (Å²) in [6.07, 6.45) is 2.49. The minimum atomic E-state index is -0.348. The Bertz CT molecular complexity index is 500. The number of nitrogens with zero attached hydrogens (tertiary/aromatic N) is 2. The molecule has 1 aliphatic heterocycles. The number of nitro benzene ring substituents is 1. The molecule has 110 valence electrons. The Morgan fingerprint density at radius 1 is 1.45 bits per heavy atom. The summed E-state index contributed by atoms with van der Waals surface area (Å²) in [4.78, 5) is 13.0. The van der Waals surface area contributed by atoms with Crippen molar-refractivity contribution in [1.29, 1.82) is 0 Å². The molecule has 1 aliphatic rings. The molecule has 0 saturated carbocycles. The molecule has 1 aromatic rings. The molecule has 0 aromatic heterocycles. The number of anilines is 1. The summed E-state index contributed by atoms with van der Waals surface area (Å²) in [5.41, 5.74) is 2.21. The monoisotopic (exact) mass is 277 g/mol. The van der Waals surface area contributed by atoms with Crippen molar-refractivity contribution in [3.63, 3.8) is 0 Å². The number of hydrogen-bond donors (Lipinski definition) is 1. The molecule has 0 spiro atoms. The number of piperidine rings is 1. The Kier molecular flexibility index (Phi) is 4.28. The van der Waals surface area contributed by atoms with E-state index in [0.717, 1.165) is 25.2 Å². The molecule has 0 bridgehead atoms. The number of nitro groups is 1. The van der Waals surface area contributed by atoms with Crippen molar-refractivity contribution >= 4 is 11.4 Å². The molecular formula is C15H23N3O2. The predicted molar refractivity (Wildman–Crippen MR) is 80.9 cm³/mol. The fraction of sp³-hybridized carbons (Fsp3) is 0.600. The third kappa shape index (κ3) is 3.48. The normalized spacial score (nSPS) is 18.8. The third-order valence-electron chi connectivity index (χ3n) is 3.91. The smallest absolute Gasteiger partial charge is 0.292 e. The molecule has 0 aliphatic carbocycles. The summed E-state index contributed by atoms with van der Waals surface area (Å²) >= 11 is 0. The maximum absolute atomic E-state index is 10.9. The Labute approximate surface area is 120 Å². The lowest BCUT2D eigenvalue weighted by Crippen LogP contribution is -2.39. The molecule has 0 radical (unpaired) electrons. The minimum absolute atomic E-state index is 0.134. The fourth-order valence-electron chi connectivity index (χ4n) is 2.98. The molecule has 5 heteroatoms. The minimum Gasteiger partial charge on any atom is -0.383 e. The quantitative estimate of drug-likeness (QED) is 0.678. The van der Waals surface area contributed by atoms with Gasteiger partial charge >= 0.3 is 0 Å². The predicted octanol–water partition coefficient (Wildman–Crippen LogP) is 3.26. The van der Waals surface area contributed by atoms with Gasteiger partial charge in [0.05, 0.1) is 4.92 Å². The van der Waals surface area contributed by atoms with Crippen molar-refractivity contribution in [3.8, 4) is 0 Å². The van der Waals surface area contributed by atoms with Crippen LogP contribution in [0, 0.1) is 15.5 Å². The topological polar surface area (TPSA) is 58.4 Å². The molecule has 0 amide bonds. The average molecular weight is 277 g/mol. The second-order valence-corrected chi connectivity index (χ2v) is 6.34. The van der Waals surface area contributed by atoms with Crippen LogP contribution in [-0.2, 0) is 6.54 Å². The molecule has 5 nitrogen and oxygen atoms in total. The van der Waals surface area contributed by atoms with Gasteiger partial charge in [-0.1, -0.05) is 19.9 Å². The average Bonchev–Trinajstić information content (AvgIpc) is 2.37. The van der Waals surface area contributed by atoms with E-state index in [4.69, 9.17) is 0 Å². The van der Waals surface area contributed by atoms with E-state index in [1.165, 1.54) is 12.8 Å². The van der Waals surface area contributed by atoms with Crippen molar-refractivity contribution in [3.05, 3.63) is 33.9 Å². The molecule has 0 atom stereocenters. The highest BCUT2D eigenvalue weighted by molar-refractivity contribution is 5.62. The third-order valence-corrected chi connectivity index (χ3v) is 3.91. The van der Waals surface area contributed by atoms with Gasteiger partial charge in [0, 0.05) is 26.2 Å². The van der Waals surface area contributed by atoms with Crippen LogP contribution in [0.3, 0.4) is 0 Å². The molecular weight excluding hydrogens is 254 g/mol. The van der Waals surface area contributed by atoms with E-state index >= 15 is 0 Å². The standard InChI is InChI=1S/C15H23N3O2/c1-15(2)7-4-8-17(11-15)10-12-5-6-14(18(19)20)13(9-12)16-3/h5-6,9,16H,4,7-8,10-11H2,1-3H3. The van der Waals surface area contributed by atoms with E-state index in [0.29, 0.717) is 11.1 Å². The van der Waals surface area contributed by atoms with E-state index < -0.39 is 0 Å². The zero-order valence-electron chi connectivity index (χ0n) is 12.5. The van der Waals surface area contributed by atoms with Crippen LogP contribution in [0.15, 0.2) is 18.2 Å². The number of rotatable bonds is 4. The highest BCUT2D eigenvalue weighted by atomic mass is 16.6. The Hall–Kier alpha value is -1.62. The molecule has 1 heterocycles. The second-order valence-electron chi connectivity index (χ2n) is 6.34. The van der Waals surface area contributed by atoms with E-state index in [2.05, 4.69) is 24.1 Å². The van der Waals surface area contributed by atoms with Crippen molar-refractivity contribution in [1.82, 2.24) is 4.90 Å². The van der Waals surface area contributed by atoms with Crippen LogP contribution >= 0.6 is 0 Å². The SMILES string of the molecule is CNc1cc(CN2CCCC(C)(C)C2)ccc1[N+](=O)[O-]. The molecule has 1 N–H and O–H groups in total. The first-order chi connectivity index (χ1) is 9.41. The molecule has 2 rings (SSSR count). The maximum Gasteiger partial charge on any atom is 0.292 e.